The van der Waals surface area contributed by atoms with Crippen LogP contribution in [0, 0.1) is 6.92 Å². The van der Waals surface area contributed by atoms with Gasteiger partial charge >= 0.3 is 5.97 Å². The molecule has 0 atom stereocenters. The van der Waals surface area contributed by atoms with Gasteiger partial charge in [0, 0.05) is 17.3 Å². The third-order valence-corrected chi connectivity index (χ3v) is 5.53. The first-order chi connectivity index (χ1) is 15.9. The molecular formula is C23H22N4O5S. The van der Waals surface area contributed by atoms with Gasteiger partial charge in [-0.05, 0) is 56.4 Å². The summed E-state index contributed by atoms with van der Waals surface area (Å²) >= 11 is 1.27. The van der Waals surface area contributed by atoms with E-state index in [4.69, 9.17) is 9.15 Å². The Kier molecular flexibility index (Phi) is 6.74. The molecule has 2 N–H and O–H groups in total. The lowest BCUT2D eigenvalue weighted by Gasteiger charge is -2.11. The number of nitrogens with one attached hydrogen (secondary N) is 2. The standard InChI is InChI=1S/C23H22N4O5S/c1-13-19(22(33-2)27-20(24-13)17-7-4-10-31-17)23(30)32-12-18(28)25-16-6-3-5-14(11-16)21(29)26-15-8-9-15/h3-7,10-11,15H,8-9,12H2,1-2H3,(H,25,28)(H,26,29). The molecule has 1 saturated carbocycles. The maximum absolute atomic E-state index is 12.7. The van der Waals surface area contributed by atoms with Crippen LogP contribution < -0.4 is 10.6 Å². The van der Waals surface area contributed by atoms with Crippen molar-refractivity contribution in [3.05, 3.63) is 59.5 Å². The number of amides is 2. The first-order valence-corrected chi connectivity index (χ1v) is 11.5. The van der Waals surface area contributed by atoms with E-state index >= 15 is 0 Å². The van der Waals surface area contributed by atoms with E-state index < -0.39 is 18.5 Å². The van der Waals surface area contributed by atoms with Gasteiger partial charge in [0.05, 0.1) is 12.0 Å². The van der Waals surface area contributed by atoms with E-state index in [0.717, 1.165) is 12.8 Å². The lowest BCUT2D eigenvalue weighted by Crippen LogP contribution is -2.25. The molecule has 2 aromatic heterocycles. The fourth-order valence-corrected chi connectivity index (χ4v) is 3.69. The SMILES string of the molecule is CSc1nc(-c2ccco2)nc(C)c1C(=O)OCC(=O)Nc1cccc(C(=O)NC2CC2)c1. The number of furan rings is 1. The molecule has 10 heteroatoms. The minimum absolute atomic E-state index is 0.182. The van der Waals surface area contributed by atoms with Crippen LogP contribution in [0.25, 0.3) is 11.6 Å². The van der Waals surface area contributed by atoms with E-state index in [9.17, 15) is 14.4 Å². The van der Waals surface area contributed by atoms with Gasteiger partial charge in [0.15, 0.2) is 18.2 Å². The zero-order valence-corrected chi connectivity index (χ0v) is 18.9. The molecular weight excluding hydrogens is 444 g/mol. The number of aryl methyl sites for hydroxylation is 1. The number of aromatic nitrogens is 2. The topological polar surface area (TPSA) is 123 Å². The molecule has 0 saturated heterocycles. The van der Waals surface area contributed by atoms with Crippen molar-refractivity contribution >= 4 is 35.2 Å². The van der Waals surface area contributed by atoms with Crippen molar-refractivity contribution in [3.63, 3.8) is 0 Å². The van der Waals surface area contributed by atoms with Crippen molar-refractivity contribution in [3.8, 4) is 11.6 Å². The highest BCUT2D eigenvalue weighted by molar-refractivity contribution is 7.98. The minimum atomic E-state index is -0.699. The van der Waals surface area contributed by atoms with Crippen LogP contribution in [-0.2, 0) is 9.53 Å². The van der Waals surface area contributed by atoms with Gasteiger partial charge in [-0.3, -0.25) is 9.59 Å². The first kappa shape index (κ1) is 22.5. The van der Waals surface area contributed by atoms with Gasteiger partial charge in [0.2, 0.25) is 0 Å². The highest BCUT2D eigenvalue weighted by Gasteiger charge is 2.24. The molecule has 1 aliphatic carbocycles. The highest BCUT2D eigenvalue weighted by atomic mass is 32.2. The van der Waals surface area contributed by atoms with Crippen LogP contribution in [0.15, 0.2) is 52.1 Å². The Labute approximate surface area is 194 Å². The van der Waals surface area contributed by atoms with Crippen molar-refractivity contribution in [2.45, 2.75) is 30.8 Å². The summed E-state index contributed by atoms with van der Waals surface area (Å²) in [4.78, 5) is 45.9. The molecule has 0 aliphatic heterocycles. The molecule has 2 amide bonds. The number of hydrogen-bond donors (Lipinski definition) is 2. The minimum Gasteiger partial charge on any atom is -0.461 e. The maximum Gasteiger partial charge on any atom is 0.343 e. The van der Waals surface area contributed by atoms with Crippen molar-refractivity contribution < 1.29 is 23.5 Å². The predicted octanol–water partition coefficient (Wildman–Crippen LogP) is 3.45. The van der Waals surface area contributed by atoms with E-state index in [1.54, 1.807) is 49.6 Å². The second kappa shape index (κ2) is 9.86. The molecule has 0 radical (unpaired) electrons. The average Bonchev–Trinajstić information content (AvgIpc) is 3.44. The summed E-state index contributed by atoms with van der Waals surface area (Å²) < 4.78 is 10.5. The fourth-order valence-electron chi connectivity index (χ4n) is 3.08. The Hall–Kier alpha value is -3.66. The number of esters is 1. The molecule has 0 bridgehead atoms. The second-order valence-electron chi connectivity index (χ2n) is 7.45. The van der Waals surface area contributed by atoms with E-state index in [0.29, 0.717) is 33.6 Å². The molecule has 2 heterocycles. The van der Waals surface area contributed by atoms with Crippen LogP contribution in [0.5, 0.6) is 0 Å². The van der Waals surface area contributed by atoms with E-state index in [-0.39, 0.29) is 17.5 Å². The van der Waals surface area contributed by atoms with Gasteiger partial charge in [-0.2, -0.15) is 0 Å². The predicted molar refractivity (Wildman–Crippen MR) is 122 cm³/mol. The molecule has 3 aromatic rings. The second-order valence-corrected chi connectivity index (χ2v) is 8.24. The summed E-state index contributed by atoms with van der Waals surface area (Å²) in [5.41, 5.74) is 1.50. The molecule has 0 unspecified atom stereocenters. The number of rotatable bonds is 8. The van der Waals surface area contributed by atoms with Crippen LogP contribution in [0.2, 0.25) is 0 Å². The van der Waals surface area contributed by atoms with Crippen LogP contribution in [0.1, 0.15) is 39.3 Å². The van der Waals surface area contributed by atoms with E-state index in [1.807, 2.05) is 0 Å². The number of hydrogen-bond acceptors (Lipinski definition) is 8. The lowest BCUT2D eigenvalue weighted by atomic mass is 10.2. The average molecular weight is 467 g/mol. The van der Waals surface area contributed by atoms with Gasteiger partial charge in [-0.15, -0.1) is 11.8 Å². The van der Waals surface area contributed by atoms with E-state index in [1.165, 1.54) is 18.0 Å². The number of nitrogens with zero attached hydrogens (tertiary/aromatic N) is 2. The largest absolute Gasteiger partial charge is 0.461 e. The van der Waals surface area contributed by atoms with Gasteiger partial charge in [-0.1, -0.05) is 6.07 Å². The highest BCUT2D eigenvalue weighted by Crippen LogP contribution is 2.26. The van der Waals surface area contributed by atoms with Crippen LogP contribution in [0.4, 0.5) is 5.69 Å². The third-order valence-electron chi connectivity index (χ3n) is 4.85. The normalized spacial score (nSPS) is 12.8. The Balaban J connectivity index is 1.38. The summed E-state index contributed by atoms with van der Waals surface area (Å²) in [7, 11) is 0. The summed E-state index contributed by atoms with van der Waals surface area (Å²) in [5, 5.41) is 5.96. The zero-order valence-electron chi connectivity index (χ0n) is 18.1. The van der Waals surface area contributed by atoms with Crippen LogP contribution in [0.3, 0.4) is 0 Å². The fraction of sp³-hybridized carbons (Fsp3) is 0.261. The smallest absolute Gasteiger partial charge is 0.343 e. The van der Waals surface area contributed by atoms with Gasteiger partial charge < -0.3 is 19.8 Å². The van der Waals surface area contributed by atoms with E-state index in [2.05, 4.69) is 20.6 Å². The molecule has 4 rings (SSSR count). The Bertz CT molecular complexity index is 1190. The third kappa shape index (κ3) is 5.58. The summed E-state index contributed by atoms with van der Waals surface area (Å²) in [6.45, 7) is 1.17. The quantitative estimate of drug-likeness (QED) is 0.294. The van der Waals surface area contributed by atoms with Crippen LogP contribution >= 0.6 is 11.8 Å². The van der Waals surface area contributed by atoms with Crippen molar-refractivity contribution in [1.29, 1.82) is 0 Å². The molecule has 170 valence electrons. The summed E-state index contributed by atoms with van der Waals surface area (Å²) in [6.07, 6.45) is 5.27. The van der Waals surface area contributed by atoms with Gasteiger partial charge in [0.1, 0.15) is 10.6 Å². The maximum atomic E-state index is 12.7. The number of anilines is 1. The number of benzene rings is 1. The number of thioether (sulfide) groups is 1. The Morgan fingerprint density at radius 2 is 2.00 bits per heavy atom. The molecule has 9 nitrogen and oxygen atoms in total. The van der Waals surface area contributed by atoms with Crippen LogP contribution in [-0.4, -0.2) is 46.7 Å². The van der Waals surface area contributed by atoms with Crippen molar-refractivity contribution in [1.82, 2.24) is 15.3 Å². The van der Waals surface area contributed by atoms with Crippen molar-refractivity contribution in [2.75, 3.05) is 18.2 Å². The monoisotopic (exact) mass is 466 g/mol. The molecule has 33 heavy (non-hydrogen) atoms. The lowest BCUT2D eigenvalue weighted by molar-refractivity contribution is -0.119. The first-order valence-electron chi connectivity index (χ1n) is 10.3. The Morgan fingerprint density at radius 1 is 1.18 bits per heavy atom. The van der Waals surface area contributed by atoms with Gasteiger partial charge in [0.25, 0.3) is 11.8 Å². The molecule has 1 fully saturated rings. The molecule has 1 aliphatic rings. The Morgan fingerprint density at radius 3 is 2.70 bits per heavy atom. The summed E-state index contributed by atoms with van der Waals surface area (Å²) in [5.74, 6) is -0.560. The zero-order chi connectivity index (χ0) is 23.4. The van der Waals surface area contributed by atoms with Gasteiger partial charge in [-0.25, -0.2) is 14.8 Å². The number of carbonyl (C=O) groups is 3. The molecule has 0 spiro atoms. The number of ether oxygens (including phenoxy) is 1. The molecule has 1 aromatic carbocycles. The van der Waals surface area contributed by atoms with Crippen molar-refractivity contribution in [2.24, 2.45) is 0 Å². The summed E-state index contributed by atoms with van der Waals surface area (Å²) in [6, 6.07) is 10.3. The number of carbonyl (C=O) groups excluding carboxylic acids is 3.